The minimum Gasteiger partial charge on any atom is -0.493 e. The third kappa shape index (κ3) is 4.00. The average Bonchev–Trinajstić information content (AvgIpc) is 3.47. The fourth-order valence-electron chi connectivity index (χ4n) is 5.45. The van der Waals surface area contributed by atoms with Gasteiger partial charge in [-0.2, -0.15) is 0 Å². The Labute approximate surface area is 213 Å². The number of carbonyl (C=O) groups excluding carboxylic acids is 2. The molecule has 0 bridgehead atoms. The maximum absolute atomic E-state index is 12.3. The number of benzene rings is 2. The Morgan fingerprint density at radius 1 is 1.19 bits per heavy atom. The molecule has 4 aliphatic rings. The molecule has 1 saturated heterocycles. The van der Waals surface area contributed by atoms with Gasteiger partial charge in [-0.25, -0.2) is 0 Å². The van der Waals surface area contributed by atoms with E-state index in [0.717, 1.165) is 77.9 Å². The van der Waals surface area contributed by atoms with Crippen LogP contribution >= 0.6 is 11.8 Å². The van der Waals surface area contributed by atoms with Gasteiger partial charge < -0.3 is 18.9 Å². The van der Waals surface area contributed by atoms with Crippen LogP contribution in [-0.4, -0.2) is 43.1 Å². The van der Waals surface area contributed by atoms with E-state index in [4.69, 9.17) is 18.9 Å². The number of fused-ring (bicyclic) bond motifs is 5. The zero-order valence-electron chi connectivity index (χ0n) is 20.3. The number of nitrogens with one attached hydrogen (secondary N) is 1. The van der Waals surface area contributed by atoms with Gasteiger partial charge in [-0.3, -0.25) is 19.8 Å². The molecule has 0 radical (unpaired) electrons. The summed E-state index contributed by atoms with van der Waals surface area (Å²) in [7, 11) is 1.64. The molecule has 2 aromatic rings. The fourth-order valence-corrected chi connectivity index (χ4v) is 6.12. The summed E-state index contributed by atoms with van der Waals surface area (Å²) in [5.74, 6) is 2.66. The van der Waals surface area contributed by atoms with Crippen molar-refractivity contribution in [1.82, 2.24) is 10.2 Å². The average molecular weight is 509 g/mol. The van der Waals surface area contributed by atoms with Crippen molar-refractivity contribution in [2.75, 3.05) is 27.1 Å². The first kappa shape index (κ1) is 23.2. The Morgan fingerprint density at radius 2 is 2.03 bits per heavy atom. The smallest absolute Gasteiger partial charge is 0.290 e. The van der Waals surface area contributed by atoms with Gasteiger partial charge in [0.05, 0.1) is 18.6 Å². The Kier molecular flexibility index (Phi) is 6.05. The SMILES string of the molecule is CCCCOc1c(OC)cc(/C=C2\SC(=O)NC2=O)c2c1CN1CCc3cc4c(cc3C1C2)OCO4. The Balaban J connectivity index is 1.46. The van der Waals surface area contributed by atoms with Gasteiger partial charge >= 0.3 is 0 Å². The van der Waals surface area contributed by atoms with E-state index in [2.05, 4.69) is 29.3 Å². The highest BCUT2D eigenvalue weighted by atomic mass is 32.2. The van der Waals surface area contributed by atoms with Gasteiger partial charge in [-0.05, 0) is 77.6 Å². The van der Waals surface area contributed by atoms with Gasteiger partial charge in [0.2, 0.25) is 6.79 Å². The van der Waals surface area contributed by atoms with E-state index in [-0.39, 0.29) is 24.0 Å². The first-order valence-corrected chi connectivity index (χ1v) is 13.1. The second kappa shape index (κ2) is 9.37. The second-order valence-electron chi connectivity index (χ2n) is 9.35. The van der Waals surface area contributed by atoms with Crippen LogP contribution in [0.5, 0.6) is 23.0 Å². The van der Waals surface area contributed by atoms with Crippen LogP contribution in [0.2, 0.25) is 0 Å². The van der Waals surface area contributed by atoms with Gasteiger partial charge in [0.1, 0.15) is 0 Å². The summed E-state index contributed by atoms with van der Waals surface area (Å²) in [5, 5.41) is 2.00. The summed E-state index contributed by atoms with van der Waals surface area (Å²) in [6.07, 6.45) is 5.48. The largest absolute Gasteiger partial charge is 0.493 e. The van der Waals surface area contributed by atoms with Crippen LogP contribution in [-0.2, 0) is 24.2 Å². The van der Waals surface area contributed by atoms with Crippen LogP contribution in [0.4, 0.5) is 4.79 Å². The monoisotopic (exact) mass is 508 g/mol. The number of methoxy groups -OCH3 is 1. The number of ether oxygens (including phenoxy) is 4. The number of unbranched alkanes of at least 4 members (excludes halogenated alkanes) is 1. The second-order valence-corrected chi connectivity index (χ2v) is 10.4. The molecule has 8 nitrogen and oxygen atoms in total. The summed E-state index contributed by atoms with van der Waals surface area (Å²) in [5.41, 5.74) is 5.63. The minimum atomic E-state index is -0.367. The molecule has 4 aliphatic heterocycles. The number of rotatable bonds is 6. The van der Waals surface area contributed by atoms with Crippen LogP contribution in [0.1, 0.15) is 53.6 Å². The van der Waals surface area contributed by atoms with Crippen molar-refractivity contribution in [3.8, 4) is 23.0 Å². The number of thioether (sulfide) groups is 1. The molecule has 2 amide bonds. The van der Waals surface area contributed by atoms with Gasteiger partial charge in [0, 0.05) is 24.7 Å². The Bertz CT molecular complexity index is 1290. The van der Waals surface area contributed by atoms with Gasteiger partial charge in [0.25, 0.3) is 11.1 Å². The molecule has 1 atom stereocenters. The summed E-state index contributed by atoms with van der Waals surface area (Å²) >= 11 is 0.927. The van der Waals surface area contributed by atoms with Crippen molar-refractivity contribution in [1.29, 1.82) is 0 Å². The predicted molar refractivity (Wildman–Crippen MR) is 136 cm³/mol. The molecular formula is C27H28N2O6S. The van der Waals surface area contributed by atoms with Crippen LogP contribution in [0.15, 0.2) is 23.1 Å². The van der Waals surface area contributed by atoms with Crippen molar-refractivity contribution < 1.29 is 28.5 Å². The number of carbonyl (C=O) groups is 2. The maximum Gasteiger partial charge on any atom is 0.290 e. The molecule has 4 heterocycles. The molecule has 0 spiro atoms. The van der Waals surface area contributed by atoms with E-state index in [1.165, 1.54) is 11.1 Å². The van der Waals surface area contributed by atoms with E-state index in [9.17, 15) is 9.59 Å². The van der Waals surface area contributed by atoms with Gasteiger partial charge in [-0.15, -0.1) is 0 Å². The predicted octanol–water partition coefficient (Wildman–Crippen LogP) is 4.58. The molecule has 1 fully saturated rings. The molecule has 6 rings (SSSR count). The molecule has 1 unspecified atom stereocenters. The molecule has 0 aliphatic carbocycles. The van der Waals surface area contributed by atoms with Crippen molar-refractivity contribution in [2.45, 2.75) is 45.2 Å². The summed E-state index contributed by atoms with van der Waals surface area (Å²) in [6.45, 7) is 4.64. The number of hydrogen-bond acceptors (Lipinski definition) is 8. The van der Waals surface area contributed by atoms with Crippen molar-refractivity contribution in [2.24, 2.45) is 0 Å². The molecule has 9 heteroatoms. The molecule has 188 valence electrons. The first-order chi connectivity index (χ1) is 17.6. The summed E-state index contributed by atoms with van der Waals surface area (Å²) < 4.78 is 23.4. The van der Waals surface area contributed by atoms with Crippen molar-refractivity contribution in [3.63, 3.8) is 0 Å². The molecular weight excluding hydrogens is 480 g/mol. The minimum absolute atomic E-state index is 0.163. The highest BCUT2D eigenvalue weighted by molar-refractivity contribution is 8.18. The highest BCUT2D eigenvalue weighted by Crippen LogP contribution is 2.48. The van der Waals surface area contributed by atoms with Crippen molar-refractivity contribution >= 4 is 29.0 Å². The number of imide groups is 1. The number of hydrogen-bond donors (Lipinski definition) is 1. The standard InChI is InChI=1S/C27H28N2O6S/c1-3-4-7-33-25-19-13-29-6-5-15-8-21-22(35-14-34-21)12-18(15)20(29)11-17(19)16(9-23(25)32-2)10-24-26(30)28-27(31)36-24/h8-10,12,20H,3-7,11,13-14H2,1-2H3,(H,28,30,31)/b24-10-. The lowest BCUT2D eigenvalue weighted by atomic mass is 9.81. The van der Waals surface area contributed by atoms with E-state index in [1.54, 1.807) is 13.2 Å². The van der Waals surface area contributed by atoms with Crippen LogP contribution in [0.25, 0.3) is 6.08 Å². The quantitative estimate of drug-likeness (QED) is 0.448. The van der Waals surface area contributed by atoms with Gasteiger partial charge in [0.15, 0.2) is 23.0 Å². The molecule has 0 saturated carbocycles. The van der Waals surface area contributed by atoms with Gasteiger partial charge in [-0.1, -0.05) is 13.3 Å². The lowest BCUT2D eigenvalue weighted by molar-refractivity contribution is -0.115. The number of amides is 2. The summed E-state index contributed by atoms with van der Waals surface area (Å²) in [4.78, 5) is 27.0. The Hall–Kier alpha value is -3.17. The topological polar surface area (TPSA) is 86.3 Å². The lowest BCUT2D eigenvalue weighted by Crippen LogP contribution is -2.39. The molecule has 1 N–H and O–H groups in total. The number of nitrogens with zero attached hydrogens (tertiary/aromatic N) is 1. The lowest BCUT2D eigenvalue weighted by Gasteiger charge is -2.42. The normalized spacial score (nSPS) is 21.2. The zero-order chi connectivity index (χ0) is 24.8. The maximum atomic E-state index is 12.3. The van der Waals surface area contributed by atoms with Crippen LogP contribution in [0.3, 0.4) is 0 Å². The fraction of sp³-hybridized carbons (Fsp3) is 0.407. The third-order valence-corrected chi connectivity index (χ3v) is 8.06. The highest BCUT2D eigenvalue weighted by Gasteiger charge is 2.37. The van der Waals surface area contributed by atoms with E-state index in [1.807, 2.05) is 6.07 Å². The van der Waals surface area contributed by atoms with Crippen LogP contribution < -0.4 is 24.3 Å². The summed E-state index contributed by atoms with van der Waals surface area (Å²) in [6, 6.07) is 6.34. The Morgan fingerprint density at radius 3 is 2.78 bits per heavy atom. The van der Waals surface area contributed by atoms with E-state index in [0.29, 0.717) is 23.8 Å². The molecule has 0 aromatic heterocycles. The van der Waals surface area contributed by atoms with E-state index >= 15 is 0 Å². The molecule has 2 aromatic carbocycles. The third-order valence-electron chi connectivity index (χ3n) is 7.25. The van der Waals surface area contributed by atoms with Crippen LogP contribution in [0, 0.1) is 0 Å². The zero-order valence-corrected chi connectivity index (χ0v) is 21.2. The van der Waals surface area contributed by atoms with Crippen molar-refractivity contribution in [3.05, 3.63) is 50.9 Å². The molecule has 36 heavy (non-hydrogen) atoms. The van der Waals surface area contributed by atoms with E-state index < -0.39 is 0 Å². The first-order valence-electron chi connectivity index (χ1n) is 12.3.